The highest BCUT2D eigenvalue weighted by molar-refractivity contribution is 5.74. The molecule has 138 valence electrons. The maximum Gasteiger partial charge on any atom is 0.320 e. The van der Waals surface area contributed by atoms with E-state index in [9.17, 15) is 9.18 Å². The average Bonchev–Trinajstić information content (AvgIpc) is 2.63. The molecule has 0 aromatic heterocycles. The topological polar surface area (TPSA) is 69.8 Å². The van der Waals surface area contributed by atoms with Gasteiger partial charge >= 0.3 is 5.97 Å². The van der Waals surface area contributed by atoms with Crippen LogP contribution >= 0.6 is 0 Å². The van der Waals surface area contributed by atoms with Gasteiger partial charge in [-0.25, -0.2) is 4.39 Å². The van der Waals surface area contributed by atoms with Gasteiger partial charge in [0.05, 0.1) is 0 Å². The van der Waals surface area contributed by atoms with Crippen molar-refractivity contribution >= 4 is 11.7 Å². The van der Waals surface area contributed by atoms with E-state index >= 15 is 0 Å². The fourth-order valence-corrected chi connectivity index (χ4v) is 3.34. The predicted octanol–water partition coefficient (Wildman–Crippen LogP) is 2.10. The van der Waals surface area contributed by atoms with E-state index in [0.717, 1.165) is 38.4 Å². The van der Waals surface area contributed by atoms with Crippen molar-refractivity contribution in [3.05, 3.63) is 65.5 Å². The Kier molecular flexibility index (Phi) is 5.85. The highest BCUT2D eigenvalue weighted by atomic mass is 19.1. The highest BCUT2D eigenvalue weighted by Gasteiger charge is 2.22. The number of anilines is 1. The lowest BCUT2D eigenvalue weighted by molar-refractivity contribution is -0.138. The minimum Gasteiger partial charge on any atom is -0.480 e. The first kappa shape index (κ1) is 18.4. The Hall–Kier alpha value is -2.44. The van der Waals surface area contributed by atoms with E-state index in [2.05, 4.69) is 21.9 Å². The summed E-state index contributed by atoms with van der Waals surface area (Å²) < 4.78 is 13.7. The number of nitrogens with zero attached hydrogens (tertiary/aromatic N) is 2. The maximum absolute atomic E-state index is 13.7. The van der Waals surface area contributed by atoms with Crippen LogP contribution in [0.5, 0.6) is 0 Å². The smallest absolute Gasteiger partial charge is 0.320 e. The molecule has 1 heterocycles. The molecule has 0 aliphatic carbocycles. The quantitative estimate of drug-likeness (QED) is 0.829. The molecule has 5 nitrogen and oxygen atoms in total. The first-order valence-electron chi connectivity index (χ1n) is 8.81. The van der Waals surface area contributed by atoms with Crippen molar-refractivity contribution < 1.29 is 14.3 Å². The van der Waals surface area contributed by atoms with Crippen LogP contribution in [0.25, 0.3) is 0 Å². The summed E-state index contributed by atoms with van der Waals surface area (Å²) in [7, 11) is 0. The fraction of sp³-hybridized carbons (Fsp3) is 0.350. The molecule has 6 heteroatoms. The van der Waals surface area contributed by atoms with Crippen molar-refractivity contribution in [2.45, 2.75) is 19.0 Å². The lowest BCUT2D eigenvalue weighted by Crippen LogP contribution is -2.46. The molecule has 26 heavy (non-hydrogen) atoms. The Morgan fingerprint density at radius 3 is 2.46 bits per heavy atom. The zero-order valence-electron chi connectivity index (χ0n) is 14.6. The van der Waals surface area contributed by atoms with E-state index in [0.29, 0.717) is 5.56 Å². The van der Waals surface area contributed by atoms with E-state index in [-0.39, 0.29) is 12.2 Å². The van der Waals surface area contributed by atoms with Crippen LogP contribution < -0.4 is 10.6 Å². The highest BCUT2D eigenvalue weighted by Crippen LogP contribution is 2.24. The van der Waals surface area contributed by atoms with E-state index in [1.165, 1.54) is 17.7 Å². The predicted molar refractivity (Wildman–Crippen MR) is 99.6 cm³/mol. The number of aliphatic carboxylic acids is 1. The number of halogens is 1. The third-order valence-corrected chi connectivity index (χ3v) is 4.76. The van der Waals surface area contributed by atoms with Crippen molar-refractivity contribution in [2.75, 3.05) is 31.1 Å². The van der Waals surface area contributed by atoms with Crippen LogP contribution in [0.15, 0.2) is 48.5 Å². The molecule has 0 bridgehead atoms. The zero-order chi connectivity index (χ0) is 18.5. The average molecular weight is 357 g/mol. The van der Waals surface area contributed by atoms with E-state index in [1.807, 2.05) is 18.2 Å². The van der Waals surface area contributed by atoms with Gasteiger partial charge in [-0.15, -0.1) is 0 Å². The summed E-state index contributed by atoms with van der Waals surface area (Å²) in [6.45, 7) is 4.34. The summed E-state index contributed by atoms with van der Waals surface area (Å²) in [6, 6.07) is 13.9. The second kappa shape index (κ2) is 8.29. The van der Waals surface area contributed by atoms with Crippen LogP contribution in [-0.2, 0) is 17.8 Å². The molecule has 1 aliphatic heterocycles. The molecule has 0 spiro atoms. The monoisotopic (exact) mass is 357 g/mol. The minimum absolute atomic E-state index is 0.118. The number of benzene rings is 2. The first-order valence-corrected chi connectivity index (χ1v) is 8.81. The largest absolute Gasteiger partial charge is 0.480 e. The Morgan fingerprint density at radius 2 is 1.81 bits per heavy atom. The van der Waals surface area contributed by atoms with Gasteiger partial charge in [0.25, 0.3) is 0 Å². The number of nitrogens with two attached hydrogens (primary N) is 1. The molecular weight excluding hydrogens is 333 g/mol. The van der Waals surface area contributed by atoms with Gasteiger partial charge in [0.1, 0.15) is 11.9 Å². The molecule has 3 N–H and O–H groups in total. The third kappa shape index (κ3) is 4.59. The molecular formula is C20H24FN3O2. The normalized spacial score (nSPS) is 16.5. The van der Waals surface area contributed by atoms with Crippen molar-refractivity contribution in [1.29, 1.82) is 0 Å². The second-order valence-electron chi connectivity index (χ2n) is 6.67. The molecule has 1 unspecified atom stereocenters. The van der Waals surface area contributed by atoms with Crippen molar-refractivity contribution in [3.8, 4) is 0 Å². The Labute approximate surface area is 152 Å². The molecule has 2 aromatic rings. The standard InChI is InChI=1S/C20H24FN3O2/c21-17-6-7-19(16(12-17)13-18(22)20(25)26)24-10-8-23(9-11-24)14-15-4-2-1-3-5-15/h1-7,12,18H,8-11,13-14,22H2,(H,25,26). The van der Waals surface area contributed by atoms with Crippen molar-refractivity contribution in [2.24, 2.45) is 5.73 Å². The van der Waals surface area contributed by atoms with Crippen molar-refractivity contribution in [3.63, 3.8) is 0 Å². The van der Waals surface area contributed by atoms with Crippen LogP contribution in [-0.4, -0.2) is 48.2 Å². The fourth-order valence-electron chi connectivity index (χ4n) is 3.34. The molecule has 1 aliphatic rings. The Morgan fingerprint density at radius 1 is 1.12 bits per heavy atom. The van der Waals surface area contributed by atoms with Gasteiger partial charge in [-0.3, -0.25) is 9.69 Å². The van der Waals surface area contributed by atoms with Crippen LogP contribution in [0.3, 0.4) is 0 Å². The summed E-state index contributed by atoms with van der Waals surface area (Å²) >= 11 is 0. The first-order chi connectivity index (χ1) is 12.5. The molecule has 1 saturated heterocycles. The van der Waals surface area contributed by atoms with E-state index in [4.69, 9.17) is 10.8 Å². The van der Waals surface area contributed by atoms with E-state index in [1.54, 1.807) is 6.07 Å². The van der Waals surface area contributed by atoms with Gasteiger partial charge in [-0.2, -0.15) is 0 Å². The lowest BCUT2D eigenvalue weighted by Gasteiger charge is -2.37. The zero-order valence-corrected chi connectivity index (χ0v) is 14.6. The number of hydrogen-bond acceptors (Lipinski definition) is 4. The maximum atomic E-state index is 13.7. The van der Waals surface area contributed by atoms with Gasteiger partial charge < -0.3 is 15.7 Å². The van der Waals surface area contributed by atoms with Gasteiger partial charge in [-0.1, -0.05) is 30.3 Å². The molecule has 1 atom stereocenters. The number of carboxylic acid groups (broad SMARTS) is 1. The SMILES string of the molecule is NC(Cc1cc(F)ccc1N1CCN(Cc2ccccc2)CC1)C(=O)O. The summed E-state index contributed by atoms with van der Waals surface area (Å²) in [5.74, 6) is -1.45. The van der Waals surface area contributed by atoms with Gasteiger partial charge in [0, 0.05) is 44.8 Å². The molecule has 3 rings (SSSR count). The number of hydrogen-bond donors (Lipinski definition) is 2. The van der Waals surface area contributed by atoms with E-state index < -0.39 is 12.0 Å². The van der Waals surface area contributed by atoms with Crippen molar-refractivity contribution in [1.82, 2.24) is 4.90 Å². The van der Waals surface area contributed by atoms with Gasteiger partial charge in [0.2, 0.25) is 0 Å². The summed E-state index contributed by atoms with van der Waals surface area (Å²) in [4.78, 5) is 15.6. The molecule has 0 amide bonds. The van der Waals surface area contributed by atoms with Gasteiger partial charge in [0.15, 0.2) is 0 Å². The number of carbonyl (C=O) groups is 1. The third-order valence-electron chi connectivity index (χ3n) is 4.76. The van der Waals surface area contributed by atoms with Crippen LogP contribution in [0.1, 0.15) is 11.1 Å². The molecule has 0 radical (unpaired) electrons. The van der Waals surface area contributed by atoms with Crippen LogP contribution in [0.4, 0.5) is 10.1 Å². The van der Waals surface area contributed by atoms with Crippen LogP contribution in [0, 0.1) is 5.82 Å². The van der Waals surface area contributed by atoms with Crippen LogP contribution in [0.2, 0.25) is 0 Å². The molecule has 1 fully saturated rings. The summed E-state index contributed by atoms with van der Waals surface area (Å²) in [5.41, 5.74) is 8.47. The second-order valence-corrected chi connectivity index (χ2v) is 6.67. The number of rotatable bonds is 6. The Balaban J connectivity index is 1.66. The molecule has 2 aromatic carbocycles. The number of piperazine rings is 1. The summed E-state index contributed by atoms with van der Waals surface area (Å²) in [5, 5.41) is 9.05. The van der Waals surface area contributed by atoms with Gasteiger partial charge in [-0.05, 0) is 29.3 Å². The lowest BCUT2D eigenvalue weighted by atomic mass is 10.0. The Bertz CT molecular complexity index is 746. The minimum atomic E-state index is -1.08. The number of carboxylic acids is 1. The summed E-state index contributed by atoms with van der Waals surface area (Å²) in [6.07, 6.45) is 0.118. The molecule has 0 saturated carbocycles.